The molecule has 0 saturated heterocycles. The number of nitrogens with two attached hydrogens (primary N) is 1. The number of hydrogen-bond donors (Lipinski definition) is 2. The molecule has 4 heteroatoms. The highest BCUT2D eigenvalue weighted by Crippen LogP contribution is 2.32. The van der Waals surface area contributed by atoms with E-state index in [1.807, 2.05) is 18.2 Å². The third-order valence-electron chi connectivity index (χ3n) is 3.95. The molecule has 0 fully saturated rings. The number of likely N-dealkylation sites (N-methyl/N-ethyl adjacent to an activating group) is 1. The van der Waals surface area contributed by atoms with Crippen LogP contribution in [0.1, 0.15) is 11.1 Å². The van der Waals surface area contributed by atoms with E-state index >= 15 is 0 Å². The van der Waals surface area contributed by atoms with Crippen molar-refractivity contribution in [3.63, 3.8) is 0 Å². The molecule has 21 heavy (non-hydrogen) atoms. The molecule has 3 N–H and O–H groups in total. The van der Waals surface area contributed by atoms with E-state index in [0.29, 0.717) is 0 Å². The summed E-state index contributed by atoms with van der Waals surface area (Å²) in [7, 11) is 2.13. The van der Waals surface area contributed by atoms with E-state index in [-0.39, 0.29) is 5.84 Å². The standard InChI is InChI=1S/C17H20N4/c1-20-9-10-21(16-8-3-2-7-15(16)20)12-13-5-4-6-14(11-13)17(18)19/h2-8,11H,9-10,12H2,1H3,(H3,18,19). The summed E-state index contributed by atoms with van der Waals surface area (Å²) in [4.78, 5) is 4.67. The summed E-state index contributed by atoms with van der Waals surface area (Å²) in [6.07, 6.45) is 0. The molecule has 3 rings (SSSR count). The molecule has 1 heterocycles. The maximum absolute atomic E-state index is 7.55. The van der Waals surface area contributed by atoms with Crippen molar-refractivity contribution < 1.29 is 0 Å². The topological polar surface area (TPSA) is 56.4 Å². The van der Waals surface area contributed by atoms with Crippen molar-refractivity contribution in [1.29, 1.82) is 5.41 Å². The Hall–Kier alpha value is -2.49. The third-order valence-corrected chi connectivity index (χ3v) is 3.95. The van der Waals surface area contributed by atoms with Crippen LogP contribution in [0, 0.1) is 5.41 Å². The number of nitrogens with zero attached hydrogens (tertiary/aromatic N) is 2. The van der Waals surface area contributed by atoms with Gasteiger partial charge >= 0.3 is 0 Å². The van der Waals surface area contributed by atoms with Crippen LogP contribution >= 0.6 is 0 Å². The van der Waals surface area contributed by atoms with Crippen LogP contribution in [0.2, 0.25) is 0 Å². The molecular formula is C17H20N4. The van der Waals surface area contributed by atoms with Crippen LogP contribution in [0.3, 0.4) is 0 Å². The van der Waals surface area contributed by atoms with Crippen LogP contribution in [0.5, 0.6) is 0 Å². The lowest BCUT2D eigenvalue weighted by Gasteiger charge is -2.37. The van der Waals surface area contributed by atoms with Crippen LogP contribution in [-0.4, -0.2) is 26.0 Å². The van der Waals surface area contributed by atoms with Crippen molar-refractivity contribution in [2.24, 2.45) is 5.73 Å². The SMILES string of the molecule is CN1CCN(Cc2cccc(C(=N)N)c2)c2ccccc21. The third kappa shape index (κ3) is 2.70. The van der Waals surface area contributed by atoms with Crippen molar-refractivity contribution in [2.45, 2.75) is 6.54 Å². The van der Waals surface area contributed by atoms with Crippen molar-refractivity contribution in [3.8, 4) is 0 Å². The van der Waals surface area contributed by atoms with Crippen LogP contribution in [0.15, 0.2) is 48.5 Å². The molecule has 0 aliphatic carbocycles. The van der Waals surface area contributed by atoms with Gasteiger partial charge in [-0.15, -0.1) is 0 Å². The fraction of sp³-hybridized carbons (Fsp3) is 0.235. The van der Waals surface area contributed by atoms with E-state index in [0.717, 1.165) is 25.2 Å². The first-order chi connectivity index (χ1) is 10.1. The van der Waals surface area contributed by atoms with Gasteiger partial charge in [0.1, 0.15) is 5.84 Å². The minimum atomic E-state index is 0.121. The molecule has 0 saturated carbocycles. The Kier molecular flexibility index (Phi) is 3.52. The summed E-state index contributed by atoms with van der Waals surface area (Å²) in [5, 5.41) is 7.55. The molecule has 2 aromatic rings. The van der Waals surface area contributed by atoms with E-state index < -0.39 is 0 Å². The molecule has 1 aliphatic rings. The zero-order chi connectivity index (χ0) is 14.8. The first-order valence-electron chi connectivity index (χ1n) is 7.13. The molecule has 0 radical (unpaired) electrons. The van der Waals surface area contributed by atoms with Gasteiger partial charge in [0.15, 0.2) is 0 Å². The van der Waals surface area contributed by atoms with Gasteiger partial charge in [-0.25, -0.2) is 0 Å². The van der Waals surface area contributed by atoms with E-state index in [4.69, 9.17) is 11.1 Å². The number of nitrogens with one attached hydrogen (secondary N) is 1. The summed E-state index contributed by atoms with van der Waals surface area (Å²) in [5.74, 6) is 0.121. The minimum absolute atomic E-state index is 0.121. The van der Waals surface area contributed by atoms with Gasteiger partial charge in [0, 0.05) is 32.2 Å². The lowest BCUT2D eigenvalue weighted by atomic mass is 10.1. The van der Waals surface area contributed by atoms with Gasteiger partial charge in [-0.05, 0) is 23.8 Å². The van der Waals surface area contributed by atoms with Crippen LogP contribution < -0.4 is 15.5 Å². The van der Waals surface area contributed by atoms with E-state index in [9.17, 15) is 0 Å². The molecule has 0 amide bonds. The second-order valence-corrected chi connectivity index (χ2v) is 5.45. The molecule has 4 nitrogen and oxygen atoms in total. The van der Waals surface area contributed by atoms with Crippen molar-refractivity contribution in [2.75, 3.05) is 29.9 Å². The van der Waals surface area contributed by atoms with Crippen molar-refractivity contribution >= 4 is 17.2 Å². The molecule has 2 aromatic carbocycles. The van der Waals surface area contributed by atoms with Gasteiger partial charge in [0.2, 0.25) is 0 Å². The fourth-order valence-corrected chi connectivity index (χ4v) is 2.79. The van der Waals surface area contributed by atoms with Gasteiger partial charge in [-0.1, -0.05) is 30.3 Å². The highest BCUT2D eigenvalue weighted by molar-refractivity contribution is 5.95. The summed E-state index contributed by atoms with van der Waals surface area (Å²) in [5.41, 5.74) is 10.1. The van der Waals surface area contributed by atoms with Gasteiger partial charge in [-0.2, -0.15) is 0 Å². The monoisotopic (exact) mass is 280 g/mol. The quantitative estimate of drug-likeness (QED) is 0.670. The fourth-order valence-electron chi connectivity index (χ4n) is 2.79. The number of nitrogen functional groups attached to an aromatic ring is 1. The summed E-state index contributed by atoms with van der Waals surface area (Å²) < 4.78 is 0. The van der Waals surface area contributed by atoms with Gasteiger partial charge < -0.3 is 15.5 Å². The molecular weight excluding hydrogens is 260 g/mol. The van der Waals surface area contributed by atoms with Gasteiger partial charge in [-0.3, -0.25) is 5.41 Å². The lowest BCUT2D eigenvalue weighted by molar-refractivity contribution is 0.735. The number of rotatable bonds is 3. The van der Waals surface area contributed by atoms with E-state index in [2.05, 4.69) is 47.2 Å². The zero-order valence-corrected chi connectivity index (χ0v) is 12.2. The Morgan fingerprint density at radius 1 is 1.10 bits per heavy atom. The molecule has 0 spiro atoms. The van der Waals surface area contributed by atoms with Gasteiger partial charge in [0.05, 0.1) is 11.4 Å². The van der Waals surface area contributed by atoms with Crippen LogP contribution in [0.4, 0.5) is 11.4 Å². The average Bonchev–Trinajstić information content (AvgIpc) is 2.51. The second kappa shape index (κ2) is 5.48. The largest absolute Gasteiger partial charge is 0.384 e. The first kappa shape index (κ1) is 13.5. The normalized spacial score (nSPS) is 14.0. The Labute approximate surface area is 125 Å². The van der Waals surface area contributed by atoms with E-state index in [1.165, 1.54) is 16.9 Å². The predicted molar refractivity (Wildman–Crippen MR) is 88.2 cm³/mol. The second-order valence-electron chi connectivity index (χ2n) is 5.45. The lowest BCUT2D eigenvalue weighted by Crippen LogP contribution is -2.38. The number of benzene rings is 2. The Bertz CT molecular complexity index is 665. The zero-order valence-electron chi connectivity index (χ0n) is 12.2. The number of para-hydroxylation sites is 2. The molecule has 0 aromatic heterocycles. The summed E-state index contributed by atoms with van der Waals surface area (Å²) in [6, 6.07) is 16.4. The average molecular weight is 280 g/mol. The Morgan fingerprint density at radius 2 is 1.86 bits per heavy atom. The highest BCUT2D eigenvalue weighted by atomic mass is 15.2. The maximum Gasteiger partial charge on any atom is 0.122 e. The van der Waals surface area contributed by atoms with Crippen molar-refractivity contribution in [1.82, 2.24) is 0 Å². The highest BCUT2D eigenvalue weighted by Gasteiger charge is 2.19. The molecule has 0 atom stereocenters. The molecule has 108 valence electrons. The van der Waals surface area contributed by atoms with Crippen LogP contribution in [-0.2, 0) is 6.54 Å². The minimum Gasteiger partial charge on any atom is -0.384 e. The smallest absolute Gasteiger partial charge is 0.122 e. The van der Waals surface area contributed by atoms with E-state index in [1.54, 1.807) is 0 Å². The number of amidine groups is 1. The summed E-state index contributed by atoms with van der Waals surface area (Å²) in [6.45, 7) is 2.85. The number of fused-ring (bicyclic) bond motifs is 1. The van der Waals surface area contributed by atoms with Crippen LogP contribution in [0.25, 0.3) is 0 Å². The number of anilines is 2. The molecule has 0 bridgehead atoms. The maximum atomic E-state index is 7.55. The molecule has 0 unspecified atom stereocenters. The van der Waals surface area contributed by atoms with Gasteiger partial charge in [0.25, 0.3) is 0 Å². The predicted octanol–water partition coefficient (Wildman–Crippen LogP) is 2.43. The summed E-state index contributed by atoms with van der Waals surface area (Å²) >= 11 is 0. The number of hydrogen-bond acceptors (Lipinski definition) is 3. The van der Waals surface area contributed by atoms with Crippen molar-refractivity contribution in [3.05, 3.63) is 59.7 Å². The Morgan fingerprint density at radius 3 is 2.62 bits per heavy atom. The first-order valence-corrected chi connectivity index (χ1v) is 7.13. The molecule has 1 aliphatic heterocycles. The Balaban J connectivity index is 1.87.